The molecule has 2 aliphatic heterocycles. The molecule has 0 radical (unpaired) electrons. The van der Waals surface area contributed by atoms with Gasteiger partial charge >= 0.3 is 0 Å². The van der Waals surface area contributed by atoms with Crippen molar-refractivity contribution in [2.75, 3.05) is 9.80 Å². The van der Waals surface area contributed by atoms with Crippen molar-refractivity contribution in [2.45, 2.75) is 78.6 Å². The second kappa shape index (κ2) is 15.5. The van der Waals surface area contributed by atoms with Gasteiger partial charge in [0, 0.05) is 44.5 Å². The van der Waals surface area contributed by atoms with Gasteiger partial charge in [0.05, 0.1) is 11.4 Å². The van der Waals surface area contributed by atoms with Crippen molar-refractivity contribution in [1.29, 1.82) is 0 Å². The SMILES string of the molecule is CC(C)(C)c1ccc(N2c3cc(Cl)ccc3B3c4ccccc4N(c4c(-c5ccccc5)cc(C(C)(C)C)cc4-c4ccccc4)c4cc(C(C)(C)C)cc2c43)c(-c2ccccc2)c1. The van der Waals surface area contributed by atoms with Crippen molar-refractivity contribution in [3.05, 3.63) is 198 Å². The van der Waals surface area contributed by atoms with Crippen LogP contribution in [0.1, 0.15) is 79.0 Å². The summed E-state index contributed by atoms with van der Waals surface area (Å²) >= 11 is 7.10. The molecule has 10 rings (SSSR count). The molecule has 0 atom stereocenters. The smallest absolute Gasteiger partial charge is 0.252 e. The Morgan fingerprint density at radius 3 is 1.36 bits per heavy atom. The van der Waals surface area contributed by atoms with E-state index < -0.39 is 0 Å². The van der Waals surface area contributed by atoms with E-state index in [0.29, 0.717) is 0 Å². The monoisotopic (exact) mass is 850 g/mol. The molecule has 0 saturated carbocycles. The third-order valence-corrected chi connectivity index (χ3v) is 13.6. The molecule has 0 bridgehead atoms. The molecule has 0 amide bonds. The van der Waals surface area contributed by atoms with Crippen LogP contribution in [-0.2, 0) is 16.2 Å². The first-order chi connectivity index (χ1) is 30.6. The van der Waals surface area contributed by atoms with E-state index in [1.165, 1.54) is 89.2 Å². The van der Waals surface area contributed by atoms with Crippen LogP contribution in [0.25, 0.3) is 33.4 Å². The van der Waals surface area contributed by atoms with Gasteiger partial charge in [0.2, 0.25) is 0 Å². The summed E-state index contributed by atoms with van der Waals surface area (Å²) in [4.78, 5) is 5.16. The molecule has 0 unspecified atom stereocenters. The first-order valence-electron chi connectivity index (χ1n) is 22.7. The Hall–Kier alpha value is -6.29. The van der Waals surface area contributed by atoms with Crippen LogP contribution in [0.15, 0.2) is 176 Å². The molecule has 0 aliphatic carbocycles. The number of anilines is 6. The Kier molecular flexibility index (Phi) is 10.1. The fourth-order valence-corrected chi connectivity index (χ4v) is 10.0. The highest BCUT2D eigenvalue weighted by Crippen LogP contribution is 2.53. The Morgan fingerprint density at radius 2 is 0.812 bits per heavy atom. The van der Waals surface area contributed by atoms with Gasteiger partial charge in [-0.1, -0.05) is 195 Å². The number of hydrogen-bond donors (Lipinski definition) is 0. The van der Waals surface area contributed by atoms with Gasteiger partial charge in [0.15, 0.2) is 0 Å². The molecule has 2 heterocycles. The predicted octanol–water partition coefficient (Wildman–Crippen LogP) is 15.3. The average molecular weight is 851 g/mol. The molecular formula is C60H56BClN2. The van der Waals surface area contributed by atoms with Crippen molar-refractivity contribution < 1.29 is 0 Å². The summed E-state index contributed by atoms with van der Waals surface area (Å²) in [6.07, 6.45) is 0. The van der Waals surface area contributed by atoms with E-state index in [1.54, 1.807) is 0 Å². The number of nitrogens with zero attached hydrogens (tertiary/aromatic N) is 2. The van der Waals surface area contributed by atoms with Crippen LogP contribution in [0.4, 0.5) is 34.1 Å². The van der Waals surface area contributed by atoms with Crippen LogP contribution in [0, 0.1) is 0 Å². The van der Waals surface area contributed by atoms with Gasteiger partial charge in [-0.3, -0.25) is 0 Å². The standard InChI is InChI=1S/C60H56BClN2/c1-58(2,3)42-29-32-51(46(33-42)39-21-13-10-14-22-39)63-53-38-45(62)30-31-50(53)61-49-27-19-20-28-52(49)64(55-37-44(60(7,8)9)36-54(63)56(55)61)57-47(40-23-15-11-16-24-40)34-43(59(4,5)6)35-48(57)41-25-17-12-18-26-41/h10-38H,1-9H3. The molecule has 0 fully saturated rings. The quantitative estimate of drug-likeness (QED) is 0.159. The summed E-state index contributed by atoms with van der Waals surface area (Å²) < 4.78 is 0. The van der Waals surface area contributed by atoms with Crippen LogP contribution in [0.2, 0.25) is 5.02 Å². The maximum absolute atomic E-state index is 7.10. The Bertz CT molecular complexity index is 3000. The molecular weight excluding hydrogens is 795 g/mol. The van der Waals surface area contributed by atoms with Crippen LogP contribution in [0.3, 0.4) is 0 Å². The second-order valence-electron chi connectivity index (χ2n) is 20.8. The van der Waals surface area contributed by atoms with E-state index in [-0.39, 0.29) is 23.0 Å². The summed E-state index contributed by atoms with van der Waals surface area (Å²) in [5.74, 6) is 0. The minimum atomic E-state index is -0.178. The first kappa shape index (κ1) is 41.7. The number of halogens is 1. The lowest BCUT2D eigenvalue weighted by molar-refractivity contribution is 0.590. The summed E-state index contributed by atoms with van der Waals surface area (Å²) in [5, 5.41) is 0.719. The Morgan fingerprint density at radius 1 is 0.359 bits per heavy atom. The minimum absolute atomic E-state index is 0.0404. The van der Waals surface area contributed by atoms with Crippen molar-refractivity contribution in [3.63, 3.8) is 0 Å². The van der Waals surface area contributed by atoms with Gasteiger partial charge in [0.25, 0.3) is 6.71 Å². The van der Waals surface area contributed by atoms with E-state index in [4.69, 9.17) is 11.6 Å². The highest BCUT2D eigenvalue weighted by Gasteiger charge is 2.45. The van der Waals surface area contributed by atoms with E-state index in [0.717, 1.165) is 16.4 Å². The van der Waals surface area contributed by atoms with E-state index in [2.05, 4.69) is 248 Å². The maximum Gasteiger partial charge on any atom is 0.252 e. The van der Waals surface area contributed by atoms with E-state index in [9.17, 15) is 0 Å². The van der Waals surface area contributed by atoms with Crippen molar-refractivity contribution in [1.82, 2.24) is 0 Å². The van der Waals surface area contributed by atoms with Gasteiger partial charge in [-0.2, -0.15) is 0 Å². The number of para-hydroxylation sites is 1. The highest BCUT2D eigenvalue weighted by atomic mass is 35.5. The number of hydrogen-bond acceptors (Lipinski definition) is 2. The van der Waals surface area contributed by atoms with Gasteiger partial charge in [-0.25, -0.2) is 0 Å². The van der Waals surface area contributed by atoms with Crippen LogP contribution < -0.4 is 26.2 Å². The topological polar surface area (TPSA) is 6.48 Å². The van der Waals surface area contributed by atoms with Crippen LogP contribution in [0.5, 0.6) is 0 Å². The first-order valence-corrected chi connectivity index (χ1v) is 23.1. The molecule has 64 heavy (non-hydrogen) atoms. The average Bonchev–Trinajstić information content (AvgIpc) is 3.28. The normalized spacial score (nSPS) is 13.4. The zero-order valence-electron chi connectivity index (χ0n) is 38.6. The molecule has 316 valence electrons. The van der Waals surface area contributed by atoms with Gasteiger partial charge in [-0.15, -0.1) is 0 Å². The van der Waals surface area contributed by atoms with Crippen LogP contribution >= 0.6 is 11.6 Å². The van der Waals surface area contributed by atoms with Gasteiger partial charge in [-0.05, 0) is 121 Å². The summed E-state index contributed by atoms with van der Waals surface area (Å²) in [6, 6.07) is 65.5. The second-order valence-corrected chi connectivity index (χ2v) is 21.2. The molecule has 4 heteroatoms. The maximum atomic E-state index is 7.10. The van der Waals surface area contributed by atoms with E-state index >= 15 is 0 Å². The third-order valence-electron chi connectivity index (χ3n) is 13.4. The summed E-state index contributed by atoms with van der Waals surface area (Å²) in [6.45, 7) is 20.9. The molecule has 0 N–H and O–H groups in total. The Balaban J connectivity index is 1.37. The molecule has 0 saturated heterocycles. The predicted molar refractivity (Wildman–Crippen MR) is 278 cm³/mol. The zero-order valence-corrected chi connectivity index (χ0v) is 39.3. The van der Waals surface area contributed by atoms with E-state index in [1.807, 2.05) is 0 Å². The summed E-state index contributed by atoms with van der Waals surface area (Å²) in [7, 11) is 0. The highest BCUT2D eigenvalue weighted by molar-refractivity contribution is 7.00. The Labute approximate surface area is 386 Å². The molecule has 2 nitrogen and oxygen atoms in total. The van der Waals surface area contributed by atoms with Crippen molar-refractivity contribution >= 4 is 68.8 Å². The van der Waals surface area contributed by atoms with Crippen LogP contribution in [-0.4, -0.2) is 6.71 Å². The fraction of sp³-hybridized carbons (Fsp3) is 0.200. The van der Waals surface area contributed by atoms with Crippen molar-refractivity contribution in [2.24, 2.45) is 0 Å². The lowest BCUT2D eigenvalue weighted by Crippen LogP contribution is -2.61. The lowest BCUT2D eigenvalue weighted by atomic mass is 9.33. The molecule has 0 spiro atoms. The summed E-state index contributed by atoms with van der Waals surface area (Å²) in [5.41, 5.74) is 21.5. The number of rotatable bonds is 5. The third kappa shape index (κ3) is 7.15. The zero-order chi connectivity index (χ0) is 44.7. The molecule has 8 aromatic rings. The van der Waals surface area contributed by atoms with Gasteiger partial charge < -0.3 is 9.80 Å². The number of fused-ring (bicyclic) bond motifs is 4. The van der Waals surface area contributed by atoms with Gasteiger partial charge in [0.1, 0.15) is 0 Å². The number of benzene rings is 8. The minimum Gasteiger partial charge on any atom is -0.311 e. The lowest BCUT2D eigenvalue weighted by Gasteiger charge is -2.46. The van der Waals surface area contributed by atoms with Crippen molar-refractivity contribution in [3.8, 4) is 33.4 Å². The molecule has 0 aromatic heterocycles. The molecule has 2 aliphatic rings. The largest absolute Gasteiger partial charge is 0.311 e. The molecule has 8 aromatic carbocycles. The fourth-order valence-electron chi connectivity index (χ4n) is 9.88.